The van der Waals surface area contributed by atoms with E-state index in [1.54, 1.807) is 6.08 Å². The van der Waals surface area contributed by atoms with Crippen molar-refractivity contribution in [2.24, 2.45) is 9.98 Å². The Kier molecular flexibility index (Phi) is 6.32. The molecular weight excluding hydrogens is 184 g/mol. The summed E-state index contributed by atoms with van der Waals surface area (Å²) in [6.07, 6.45) is 8.34. The fourth-order valence-corrected chi connectivity index (χ4v) is 0.629. The monoisotopic (exact) mass is 204 g/mol. The second-order valence-corrected chi connectivity index (χ2v) is 3.92. The van der Waals surface area contributed by atoms with E-state index in [1.807, 2.05) is 25.2 Å². The standard InChI is InChI=1S/C13H20N2/c1-6-8-9-10-12(3)14-11-15-13(4,5)7-2/h6,8-10H,1,7H2,2-5H3/b9-8-,12-10+. The van der Waals surface area contributed by atoms with Crippen LogP contribution in [0.15, 0.2) is 46.6 Å². The highest BCUT2D eigenvalue weighted by Gasteiger charge is 2.10. The van der Waals surface area contributed by atoms with Gasteiger partial charge in [0.2, 0.25) is 0 Å². The van der Waals surface area contributed by atoms with E-state index in [2.05, 4.69) is 43.3 Å². The van der Waals surface area contributed by atoms with E-state index in [-0.39, 0.29) is 5.54 Å². The van der Waals surface area contributed by atoms with Gasteiger partial charge in [0.05, 0.1) is 11.5 Å². The Bertz CT molecular complexity index is 313. The maximum absolute atomic E-state index is 4.24. The van der Waals surface area contributed by atoms with E-state index in [0.717, 1.165) is 12.1 Å². The van der Waals surface area contributed by atoms with Crippen molar-refractivity contribution in [3.63, 3.8) is 0 Å². The number of aliphatic imine (C=N–C) groups is 2. The van der Waals surface area contributed by atoms with E-state index in [1.165, 1.54) is 0 Å². The van der Waals surface area contributed by atoms with E-state index in [0.29, 0.717) is 0 Å². The SMILES string of the molecule is C=C/C=C\C=C(/C)N=C=NC(C)(C)CC. The highest BCUT2D eigenvalue weighted by molar-refractivity contribution is 5.45. The molecule has 0 saturated heterocycles. The molecule has 0 spiro atoms. The van der Waals surface area contributed by atoms with Crippen LogP contribution in [-0.2, 0) is 0 Å². The van der Waals surface area contributed by atoms with E-state index >= 15 is 0 Å². The molecule has 0 rings (SSSR count). The molecule has 2 heteroatoms. The molecule has 0 bridgehead atoms. The second kappa shape index (κ2) is 6.97. The average molecular weight is 204 g/mol. The summed E-state index contributed by atoms with van der Waals surface area (Å²) in [5.74, 6) is 0. The minimum atomic E-state index is -0.0687. The zero-order valence-corrected chi connectivity index (χ0v) is 10.1. The molecule has 0 unspecified atom stereocenters. The fraction of sp³-hybridized carbons (Fsp3) is 0.462. The smallest absolute Gasteiger partial charge is 0.0951 e. The van der Waals surface area contributed by atoms with Crippen LogP contribution in [0.2, 0.25) is 0 Å². The predicted octanol–water partition coefficient (Wildman–Crippen LogP) is 3.99. The number of hydrogen-bond donors (Lipinski definition) is 0. The Morgan fingerprint density at radius 3 is 2.60 bits per heavy atom. The van der Waals surface area contributed by atoms with Crippen LogP contribution in [0.25, 0.3) is 0 Å². The molecular formula is C13H20N2. The minimum absolute atomic E-state index is 0.0687. The third-order valence-electron chi connectivity index (χ3n) is 2.03. The van der Waals surface area contributed by atoms with Gasteiger partial charge in [-0.3, -0.25) is 0 Å². The van der Waals surface area contributed by atoms with Gasteiger partial charge in [-0.1, -0.05) is 31.7 Å². The molecule has 0 aliphatic rings. The average Bonchev–Trinajstić information content (AvgIpc) is 2.18. The quantitative estimate of drug-likeness (QED) is 0.478. The van der Waals surface area contributed by atoms with Crippen molar-refractivity contribution in [3.05, 3.63) is 36.6 Å². The van der Waals surface area contributed by atoms with Gasteiger partial charge in [-0.05, 0) is 33.3 Å². The van der Waals surface area contributed by atoms with Gasteiger partial charge in [-0.2, -0.15) is 4.99 Å². The highest BCUT2D eigenvalue weighted by atomic mass is 14.9. The van der Waals surface area contributed by atoms with Gasteiger partial charge in [-0.15, -0.1) is 0 Å². The largest absolute Gasteiger partial charge is 0.219 e. The first-order valence-electron chi connectivity index (χ1n) is 5.15. The van der Waals surface area contributed by atoms with Crippen LogP contribution < -0.4 is 0 Å². The summed E-state index contributed by atoms with van der Waals surface area (Å²) < 4.78 is 0. The molecule has 0 radical (unpaired) electrons. The summed E-state index contributed by atoms with van der Waals surface area (Å²) in [5, 5.41) is 0. The van der Waals surface area contributed by atoms with Gasteiger partial charge >= 0.3 is 0 Å². The molecule has 0 N–H and O–H groups in total. The van der Waals surface area contributed by atoms with Crippen molar-refractivity contribution in [2.45, 2.75) is 39.7 Å². The molecule has 0 aromatic heterocycles. The second-order valence-electron chi connectivity index (χ2n) is 3.92. The van der Waals surface area contributed by atoms with E-state index < -0.39 is 0 Å². The maximum atomic E-state index is 4.24. The summed E-state index contributed by atoms with van der Waals surface area (Å²) in [7, 11) is 0. The molecule has 0 fully saturated rings. The van der Waals surface area contributed by atoms with Gasteiger partial charge < -0.3 is 0 Å². The molecule has 0 aromatic carbocycles. The van der Waals surface area contributed by atoms with Crippen molar-refractivity contribution in [1.29, 1.82) is 0 Å². The Hall–Kier alpha value is -1.40. The Morgan fingerprint density at radius 2 is 2.07 bits per heavy atom. The lowest BCUT2D eigenvalue weighted by molar-refractivity contribution is 0.507. The highest BCUT2D eigenvalue weighted by Crippen LogP contribution is 2.11. The molecule has 0 saturated carbocycles. The number of rotatable bonds is 5. The van der Waals surface area contributed by atoms with Crippen molar-refractivity contribution in [1.82, 2.24) is 0 Å². The third-order valence-corrected chi connectivity index (χ3v) is 2.03. The van der Waals surface area contributed by atoms with Crippen LogP contribution in [0.3, 0.4) is 0 Å². The van der Waals surface area contributed by atoms with Gasteiger partial charge in [-0.25, -0.2) is 4.99 Å². The minimum Gasteiger partial charge on any atom is -0.219 e. The van der Waals surface area contributed by atoms with Gasteiger partial charge in [0.25, 0.3) is 0 Å². The lowest BCUT2D eigenvalue weighted by atomic mass is 10.0. The van der Waals surface area contributed by atoms with Crippen LogP contribution in [-0.4, -0.2) is 11.5 Å². The molecule has 0 amide bonds. The molecule has 0 atom stereocenters. The van der Waals surface area contributed by atoms with Gasteiger partial charge in [0, 0.05) is 5.70 Å². The molecule has 0 aliphatic heterocycles. The number of nitrogens with zero attached hydrogens (tertiary/aromatic N) is 2. The van der Waals surface area contributed by atoms with Gasteiger partial charge in [0.1, 0.15) is 0 Å². The van der Waals surface area contributed by atoms with Crippen molar-refractivity contribution in [3.8, 4) is 0 Å². The van der Waals surface area contributed by atoms with Gasteiger partial charge in [0.15, 0.2) is 0 Å². The third kappa shape index (κ3) is 7.65. The first-order valence-corrected chi connectivity index (χ1v) is 5.15. The summed E-state index contributed by atoms with van der Waals surface area (Å²) in [6.45, 7) is 11.7. The summed E-state index contributed by atoms with van der Waals surface area (Å²) in [5.41, 5.74) is 0.810. The Morgan fingerprint density at radius 1 is 1.40 bits per heavy atom. The lowest BCUT2D eigenvalue weighted by Gasteiger charge is -2.12. The first kappa shape index (κ1) is 13.6. The van der Waals surface area contributed by atoms with Crippen molar-refractivity contribution >= 4 is 6.01 Å². The molecule has 0 aliphatic carbocycles. The zero-order valence-electron chi connectivity index (χ0n) is 10.1. The molecule has 82 valence electrons. The summed E-state index contributed by atoms with van der Waals surface area (Å²) >= 11 is 0. The van der Waals surface area contributed by atoms with Crippen LogP contribution in [0.1, 0.15) is 34.1 Å². The lowest BCUT2D eigenvalue weighted by Crippen LogP contribution is -2.13. The normalized spacial score (nSPS) is 12.4. The van der Waals surface area contributed by atoms with Crippen LogP contribution >= 0.6 is 0 Å². The molecule has 0 heterocycles. The zero-order chi connectivity index (χ0) is 11.7. The first-order chi connectivity index (χ1) is 7.02. The van der Waals surface area contributed by atoms with Crippen LogP contribution in [0.4, 0.5) is 0 Å². The summed E-state index contributed by atoms with van der Waals surface area (Å²) in [4.78, 5) is 8.33. The van der Waals surface area contributed by atoms with E-state index in [4.69, 9.17) is 0 Å². The van der Waals surface area contributed by atoms with Crippen LogP contribution in [0, 0.1) is 0 Å². The molecule has 15 heavy (non-hydrogen) atoms. The molecule has 2 nitrogen and oxygen atoms in total. The Balaban J connectivity index is 4.46. The van der Waals surface area contributed by atoms with Crippen molar-refractivity contribution in [2.75, 3.05) is 0 Å². The molecule has 0 aromatic rings. The number of hydrogen-bond acceptors (Lipinski definition) is 2. The number of allylic oxidation sites excluding steroid dienone is 5. The predicted molar refractivity (Wildman–Crippen MR) is 67.3 cm³/mol. The summed E-state index contributed by atoms with van der Waals surface area (Å²) in [6, 6.07) is 2.73. The fourth-order valence-electron chi connectivity index (χ4n) is 0.629. The van der Waals surface area contributed by atoms with E-state index in [9.17, 15) is 0 Å². The Labute approximate surface area is 92.8 Å². The maximum Gasteiger partial charge on any atom is 0.0951 e. The topological polar surface area (TPSA) is 24.7 Å². The van der Waals surface area contributed by atoms with Crippen LogP contribution in [0.5, 0.6) is 0 Å². The van der Waals surface area contributed by atoms with Crippen molar-refractivity contribution < 1.29 is 0 Å².